The second-order valence-electron chi connectivity index (χ2n) is 8.75. The number of urea groups is 1. The fourth-order valence-electron chi connectivity index (χ4n) is 3.96. The van der Waals surface area contributed by atoms with Gasteiger partial charge in [-0.3, -0.25) is 0 Å². The summed E-state index contributed by atoms with van der Waals surface area (Å²) in [7, 11) is -5.69. The Morgan fingerprint density at radius 2 is 1.20 bits per heavy atom. The molecule has 4 aromatic rings. The van der Waals surface area contributed by atoms with E-state index in [0.717, 1.165) is 0 Å². The zero-order chi connectivity index (χ0) is 28.9. The molecular formula is C29H28N2O7S2. The van der Waals surface area contributed by atoms with E-state index in [0.29, 0.717) is 17.0 Å². The van der Waals surface area contributed by atoms with Crippen LogP contribution in [0.15, 0.2) is 117 Å². The van der Waals surface area contributed by atoms with Crippen molar-refractivity contribution in [1.82, 2.24) is 5.32 Å². The molecule has 208 valence electrons. The summed E-state index contributed by atoms with van der Waals surface area (Å²) in [5.74, 6) is 0.647. The first-order valence-corrected chi connectivity index (χ1v) is 15.1. The van der Waals surface area contributed by atoms with Gasteiger partial charge in [-0.15, -0.1) is 0 Å². The summed E-state index contributed by atoms with van der Waals surface area (Å²) in [5, 5.41) is 5.53. The van der Waals surface area contributed by atoms with Gasteiger partial charge < -0.3 is 20.1 Å². The Morgan fingerprint density at radius 3 is 1.77 bits per heavy atom. The van der Waals surface area contributed by atoms with Gasteiger partial charge in [-0.1, -0.05) is 30.3 Å². The lowest BCUT2D eigenvalue weighted by atomic mass is 10.1. The van der Waals surface area contributed by atoms with Crippen LogP contribution in [0, 0.1) is 0 Å². The highest BCUT2D eigenvalue weighted by molar-refractivity contribution is 7.94. The molecule has 0 bridgehead atoms. The highest BCUT2D eigenvalue weighted by atomic mass is 32.2. The summed E-state index contributed by atoms with van der Waals surface area (Å²) in [5.41, 5.74) is 1.29. The third-order valence-corrected chi connectivity index (χ3v) is 9.94. The number of nitrogens with one attached hydrogen (secondary N) is 2. The van der Waals surface area contributed by atoms with Gasteiger partial charge in [-0.2, -0.15) is 0 Å². The third kappa shape index (κ3) is 6.11. The van der Waals surface area contributed by atoms with Crippen LogP contribution in [0.25, 0.3) is 0 Å². The van der Waals surface area contributed by atoms with Crippen LogP contribution in [0.1, 0.15) is 18.5 Å². The molecule has 0 aliphatic heterocycles. The first-order chi connectivity index (χ1) is 19.1. The number of anilines is 1. The summed E-state index contributed by atoms with van der Waals surface area (Å²) in [4.78, 5) is 11.4. The molecule has 0 saturated heterocycles. The average molecular weight is 581 g/mol. The predicted octanol–water partition coefficient (Wildman–Crippen LogP) is 5.25. The van der Waals surface area contributed by atoms with E-state index >= 15 is 0 Å². The largest absolute Gasteiger partial charge is 0.497 e. The van der Waals surface area contributed by atoms with E-state index in [-0.39, 0.29) is 20.4 Å². The summed E-state index contributed by atoms with van der Waals surface area (Å²) in [6.07, 6.45) is 0. The quantitative estimate of drug-likeness (QED) is 0.277. The Hall–Kier alpha value is -4.35. The van der Waals surface area contributed by atoms with Crippen LogP contribution in [-0.4, -0.2) is 37.1 Å². The van der Waals surface area contributed by atoms with Crippen LogP contribution in [0.2, 0.25) is 0 Å². The van der Waals surface area contributed by atoms with Gasteiger partial charge in [0.05, 0.1) is 39.8 Å². The maximum absolute atomic E-state index is 13.7. The van der Waals surface area contributed by atoms with Crippen LogP contribution in [-0.2, 0) is 19.7 Å². The number of ether oxygens (including phenoxy) is 2. The van der Waals surface area contributed by atoms with Crippen LogP contribution in [0.3, 0.4) is 0 Å². The van der Waals surface area contributed by atoms with Crippen molar-refractivity contribution in [2.45, 2.75) is 32.5 Å². The molecule has 4 aromatic carbocycles. The summed E-state index contributed by atoms with van der Waals surface area (Å²) in [6, 6.07) is 23.5. The van der Waals surface area contributed by atoms with Crippen molar-refractivity contribution >= 4 is 31.4 Å². The Bertz CT molecular complexity index is 1700. The second-order valence-corrected chi connectivity index (χ2v) is 12.6. The molecule has 1 atom stereocenters. The number of rotatable bonds is 9. The monoisotopic (exact) mass is 580 g/mol. The van der Waals surface area contributed by atoms with Gasteiger partial charge in [-0.25, -0.2) is 21.6 Å². The number of carbonyl (C=O) groups excluding carboxylic acids is 1. The van der Waals surface area contributed by atoms with Gasteiger partial charge in [0.15, 0.2) is 0 Å². The standard InChI is InChI=1S/C29H28N2O7S2/c1-20(30-29(32)31-22-7-5-4-6-8-22)21-9-14-25(15-10-21)39(33,34)27-18-13-24(38-3)19-28(27)40(35,36)26-16-11-23(37-2)12-17-26/h4-20H,1-3H3,(H2,30,31,32). The Balaban J connectivity index is 1.63. The Kier molecular flexibility index (Phi) is 8.46. The molecule has 0 aliphatic carbocycles. The molecule has 2 N–H and O–H groups in total. The van der Waals surface area contributed by atoms with Crippen LogP contribution < -0.4 is 20.1 Å². The molecule has 40 heavy (non-hydrogen) atoms. The summed E-state index contributed by atoms with van der Waals surface area (Å²) < 4.78 is 64.8. The molecule has 0 aromatic heterocycles. The lowest BCUT2D eigenvalue weighted by Gasteiger charge is -2.16. The van der Waals surface area contributed by atoms with Gasteiger partial charge in [0.1, 0.15) is 11.5 Å². The second kappa shape index (κ2) is 11.8. The van der Waals surface area contributed by atoms with Crippen molar-refractivity contribution in [1.29, 1.82) is 0 Å². The van der Waals surface area contributed by atoms with Crippen LogP contribution in [0.4, 0.5) is 10.5 Å². The molecule has 0 aliphatic rings. The number of benzene rings is 4. The topological polar surface area (TPSA) is 128 Å². The maximum atomic E-state index is 13.7. The summed E-state index contributed by atoms with van der Waals surface area (Å²) in [6.45, 7) is 1.76. The highest BCUT2D eigenvalue weighted by Gasteiger charge is 2.30. The smallest absolute Gasteiger partial charge is 0.319 e. The van der Waals surface area contributed by atoms with E-state index < -0.39 is 36.6 Å². The average Bonchev–Trinajstić information content (AvgIpc) is 2.97. The molecule has 0 radical (unpaired) electrons. The Labute approximate surface area is 233 Å². The van der Waals surface area contributed by atoms with Crippen molar-refractivity contribution < 1.29 is 31.1 Å². The van der Waals surface area contributed by atoms with Crippen molar-refractivity contribution in [3.8, 4) is 11.5 Å². The molecule has 0 spiro atoms. The summed E-state index contributed by atoms with van der Waals surface area (Å²) >= 11 is 0. The number of para-hydroxylation sites is 1. The van der Waals surface area contributed by atoms with E-state index in [1.54, 1.807) is 43.3 Å². The van der Waals surface area contributed by atoms with Crippen molar-refractivity contribution in [3.63, 3.8) is 0 Å². The van der Waals surface area contributed by atoms with Gasteiger partial charge in [0.25, 0.3) is 0 Å². The molecule has 4 rings (SSSR count). The van der Waals surface area contributed by atoms with Crippen molar-refractivity contribution in [3.05, 3.63) is 103 Å². The minimum Gasteiger partial charge on any atom is -0.497 e. The lowest BCUT2D eigenvalue weighted by Crippen LogP contribution is -2.31. The van der Waals surface area contributed by atoms with Gasteiger partial charge in [0.2, 0.25) is 19.7 Å². The molecule has 2 amide bonds. The third-order valence-electron chi connectivity index (χ3n) is 6.17. The first-order valence-electron chi connectivity index (χ1n) is 12.1. The lowest BCUT2D eigenvalue weighted by molar-refractivity contribution is 0.249. The van der Waals surface area contributed by atoms with E-state index in [2.05, 4.69) is 10.6 Å². The number of methoxy groups -OCH3 is 2. The molecule has 11 heteroatoms. The van der Waals surface area contributed by atoms with Gasteiger partial charge >= 0.3 is 6.03 Å². The highest BCUT2D eigenvalue weighted by Crippen LogP contribution is 2.34. The maximum Gasteiger partial charge on any atom is 0.319 e. The van der Waals surface area contributed by atoms with E-state index in [1.807, 2.05) is 6.07 Å². The molecule has 0 fully saturated rings. The van der Waals surface area contributed by atoms with E-state index in [9.17, 15) is 21.6 Å². The van der Waals surface area contributed by atoms with Crippen molar-refractivity contribution in [2.75, 3.05) is 19.5 Å². The van der Waals surface area contributed by atoms with Gasteiger partial charge in [-0.05, 0) is 73.2 Å². The molecule has 9 nitrogen and oxygen atoms in total. The van der Waals surface area contributed by atoms with Crippen LogP contribution in [0.5, 0.6) is 11.5 Å². The fourth-order valence-corrected chi connectivity index (χ4v) is 7.29. The molecule has 0 saturated carbocycles. The first kappa shape index (κ1) is 28.7. The minimum absolute atomic E-state index is 0.0953. The number of sulfone groups is 2. The van der Waals surface area contributed by atoms with Crippen LogP contribution >= 0.6 is 0 Å². The fraction of sp³-hybridized carbons (Fsp3) is 0.138. The molecule has 0 heterocycles. The number of hydrogen-bond donors (Lipinski definition) is 2. The number of amides is 2. The van der Waals surface area contributed by atoms with E-state index in [1.165, 1.54) is 68.8 Å². The van der Waals surface area contributed by atoms with E-state index in [4.69, 9.17) is 9.47 Å². The Morgan fingerprint density at radius 1 is 0.675 bits per heavy atom. The number of hydrogen-bond acceptors (Lipinski definition) is 7. The zero-order valence-electron chi connectivity index (χ0n) is 22.0. The SMILES string of the molecule is COc1ccc(S(=O)(=O)c2cc(OC)ccc2S(=O)(=O)c2ccc(C(C)NC(=O)Nc3ccccc3)cc2)cc1. The normalized spacial score (nSPS) is 12.3. The van der Waals surface area contributed by atoms with Crippen molar-refractivity contribution in [2.24, 2.45) is 0 Å². The number of carbonyl (C=O) groups is 1. The molecule has 1 unspecified atom stereocenters. The minimum atomic E-state index is -4.26. The van der Waals surface area contributed by atoms with Gasteiger partial charge in [0, 0.05) is 11.8 Å². The molecular weight excluding hydrogens is 552 g/mol. The predicted molar refractivity (Wildman–Crippen MR) is 150 cm³/mol. The zero-order valence-corrected chi connectivity index (χ0v) is 23.6.